The quantitative estimate of drug-likeness (QED) is 0.599. The molecule has 6 atom stereocenters. The molecule has 2 N–H and O–H groups in total. The van der Waals surface area contributed by atoms with Crippen LogP contribution in [0.1, 0.15) is 66.2 Å². The SMILES string of the molecule is CC(C)[C@]12C=C3CC[C@H]4[C@@](C)(CO)[C@@H](O)CC[C@]4(C)[C@]3(CC1)OO2. The maximum Gasteiger partial charge on any atom is 0.130 e. The van der Waals surface area contributed by atoms with Crippen molar-refractivity contribution in [3.05, 3.63) is 11.6 Å². The Labute approximate surface area is 145 Å². The Morgan fingerprint density at radius 1 is 1.17 bits per heavy atom. The Kier molecular flexibility index (Phi) is 3.59. The molecule has 136 valence electrons. The molecule has 0 amide bonds. The first kappa shape index (κ1) is 17.0. The summed E-state index contributed by atoms with van der Waals surface area (Å²) >= 11 is 0. The summed E-state index contributed by atoms with van der Waals surface area (Å²) in [6.45, 7) is 8.79. The van der Waals surface area contributed by atoms with Gasteiger partial charge in [-0.05, 0) is 62.0 Å². The van der Waals surface area contributed by atoms with Crippen LogP contribution in [0.3, 0.4) is 0 Å². The summed E-state index contributed by atoms with van der Waals surface area (Å²) in [6, 6.07) is 0. The highest BCUT2D eigenvalue weighted by molar-refractivity contribution is 5.36. The second-order valence-electron chi connectivity index (χ2n) is 9.50. The average molecular weight is 336 g/mol. The topological polar surface area (TPSA) is 58.9 Å². The van der Waals surface area contributed by atoms with Crippen molar-refractivity contribution in [1.82, 2.24) is 0 Å². The second-order valence-corrected chi connectivity index (χ2v) is 9.50. The maximum atomic E-state index is 10.6. The van der Waals surface area contributed by atoms with E-state index in [0.717, 1.165) is 38.5 Å². The molecular weight excluding hydrogens is 304 g/mol. The van der Waals surface area contributed by atoms with Crippen LogP contribution in [0.25, 0.3) is 0 Å². The third kappa shape index (κ3) is 1.78. The fourth-order valence-electron chi connectivity index (χ4n) is 6.45. The van der Waals surface area contributed by atoms with Crippen molar-refractivity contribution in [2.24, 2.45) is 22.7 Å². The van der Waals surface area contributed by atoms with Gasteiger partial charge in [0.15, 0.2) is 0 Å². The first-order valence-electron chi connectivity index (χ1n) is 9.62. The lowest BCUT2D eigenvalue weighted by atomic mass is 9.43. The Hall–Kier alpha value is -0.420. The maximum absolute atomic E-state index is 10.6. The lowest BCUT2D eigenvalue weighted by Crippen LogP contribution is -2.69. The molecule has 3 aliphatic carbocycles. The molecule has 2 saturated carbocycles. The molecule has 0 aromatic rings. The minimum atomic E-state index is -0.458. The molecule has 0 radical (unpaired) electrons. The summed E-state index contributed by atoms with van der Waals surface area (Å²) in [4.78, 5) is 12.3. The lowest BCUT2D eigenvalue weighted by Gasteiger charge is -2.67. The molecule has 24 heavy (non-hydrogen) atoms. The monoisotopic (exact) mass is 336 g/mol. The van der Waals surface area contributed by atoms with Crippen molar-refractivity contribution in [3.8, 4) is 0 Å². The molecule has 2 aliphatic heterocycles. The Morgan fingerprint density at radius 3 is 2.50 bits per heavy atom. The zero-order valence-corrected chi connectivity index (χ0v) is 15.5. The van der Waals surface area contributed by atoms with E-state index >= 15 is 0 Å². The summed E-state index contributed by atoms with van der Waals surface area (Å²) < 4.78 is 0. The van der Waals surface area contributed by atoms with Crippen LogP contribution in [-0.4, -0.2) is 34.1 Å². The largest absolute Gasteiger partial charge is 0.396 e. The van der Waals surface area contributed by atoms with Gasteiger partial charge in [-0.25, -0.2) is 9.78 Å². The number of hydrogen-bond acceptors (Lipinski definition) is 4. The summed E-state index contributed by atoms with van der Waals surface area (Å²) in [5, 5.41) is 20.7. The molecule has 2 bridgehead atoms. The van der Waals surface area contributed by atoms with Gasteiger partial charge in [-0.2, -0.15) is 0 Å². The van der Waals surface area contributed by atoms with Crippen LogP contribution < -0.4 is 0 Å². The second kappa shape index (κ2) is 5.06. The van der Waals surface area contributed by atoms with E-state index in [-0.39, 0.29) is 29.1 Å². The van der Waals surface area contributed by atoms with Crippen LogP contribution >= 0.6 is 0 Å². The minimum absolute atomic E-state index is 0.0281. The number of aliphatic hydroxyl groups excluding tert-OH is 2. The normalized spacial score (nSPS) is 53.5. The summed E-state index contributed by atoms with van der Waals surface area (Å²) in [5.41, 5.74) is 0.208. The van der Waals surface area contributed by atoms with Gasteiger partial charge in [0.25, 0.3) is 0 Å². The summed E-state index contributed by atoms with van der Waals surface area (Å²) in [7, 11) is 0. The molecule has 1 saturated heterocycles. The first-order chi connectivity index (χ1) is 11.2. The standard InChI is InChI=1S/C20H32O4/c1-13(2)19-9-10-20(24-23-19)14(11-19)5-6-15-17(3,12-21)16(22)7-8-18(15,20)4/h11,13,15-16,21-22H,5-10,12H2,1-4H3/t15-,16-,17+,18-,19+,20+/m0/s1. The van der Waals surface area contributed by atoms with Crippen LogP contribution in [-0.2, 0) is 9.78 Å². The van der Waals surface area contributed by atoms with Crippen LogP contribution in [0.4, 0.5) is 0 Å². The minimum Gasteiger partial charge on any atom is -0.396 e. The molecule has 0 aromatic carbocycles. The number of rotatable bonds is 2. The summed E-state index contributed by atoms with van der Waals surface area (Å²) in [6.07, 6.45) is 7.55. The third-order valence-electron chi connectivity index (χ3n) is 8.35. The van der Waals surface area contributed by atoms with Gasteiger partial charge < -0.3 is 10.2 Å². The zero-order chi connectivity index (χ0) is 17.4. The molecule has 4 nitrogen and oxygen atoms in total. The van der Waals surface area contributed by atoms with Crippen molar-refractivity contribution in [1.29, 1.82) is 0 Å². The number of aliphatic hydroxyl groups is 2. The van der Waals surface area contributed by atoms with Gasteiger partial charge in [-0.1, -0.05) is 27.7 Å². The Balaban J connectivity index is 1.80. The molecule has 0 unspecified atom stereocenters. The van der Waals surface area contributed by atoms with E-state index in [9.17, 15) is 10.2 Å². The van der Waals surface area contributed by atoms with Gasteiger partial charge in [0.2, 0.25) is 0 Å². The van der Waals surface area contributed by atoms with Gasteiger partial charge in [0.05, 0.1) is 12.7 Å². The van der Waals surface area contributed by atoms with Crippen LogP contribution in [0, 0.1) is 22.7 Å². The lowest BCUT2D eigenvalue weighted by molar-refractivity contribution is -0.467. The van der Waals surface area contributed by atoms with Crippen LogP contribution in [0.15, 0.2) is 11.6 Å². The van der Waals surface area contributed by atoms with Gasteiger partial charge >= 0.3 is 0 Å². The molecule has 2 heterocycles. The number of fused-ring (bicyclic) bond motifs is 3. The zero-order valence-electron chi connectivity index (χ0n) is 15.5. The molecule has 3 fully saturated rings. The van der Waals surface area contributed by atoms with E-state index in [1.807, 2.05) is 0 Å². The summed E-state index contributed by atoms with van der Waals surface area (Å²) in [5.74, 6) is 0.633. The van der Waals surface area contributed by atoms with E-state index in [4.69, 9.17) is 9.78 Å². The van der Waals surface area contributed by atoms with E-state index in [1.165, 1.54) is 5.57 Å². The molecule has 5 rings (SSSR count). The first-order valence-corrected chi connectivity index (χ1v) is 9.62. The Bertz CT molecular complexity index is 560. The highest BCUT2D eigenvalue weighted by Gasteiger charge is 2.69. The van der Waals surface area contributed by atoms with E-state index < -0.39 is 11.5 Å². The molecule has 0 aromatic heterocycles. The van der Waals surface area contributed by atoms with Crippen molar-refractivity contribution in [3.63, 3.8) is 0 Å². The predicted molar refractivity (Wildman–Crippen MR) is 91.1 cm³/mol. The van der Waals surface area contributed by atoms with Crippen molar-refractivity contribution >= 4 is 0 Å². The van der Waals surface area contributed by atoms with Crippen LogP contribution in [0.5, 0.6) is 0 Å². The highest BCUT2D eigenvalue weighted by atomic mass is 17.2. The molecule has 5 aliphatic rings. The fraction of sp³-hybridized carbons (Fsp3) is 0.900. The highest BCUT2D eigenvalue weighted by Crippen LogP contribution is 2.68. The van der Waals surface area contributed by atoms with Gasteiger partial charge in [-0.15, -0.1) is 0 Å². The smallest absolute Gasteiger partial charge is 0.130 e. The molecule has 4 heteroatoms. The number of hydrogen-bond donors (Lipinski definition) is 2. The fourth-order valence-corrected chi connectivity index (χ4v) is 6.45. The van der Waals surface area contributed by atoms with Crippen LogP contribution in [0.2, 0.25) is 0 Å². The van der Waals surface area contributed by atoms with Crippen molar-refractivity contribution in [2.45, 2.75) is 83.5 Å². The third-order valence-corrected chi connectivity index (χ3v) is 8.35. The van der Waals surface area contributed by atoms with Gasteiger partial charge in [-0.3, -0.25) is 0 Å². The average Bonchev–Trinajstić information content (AvgIpc) is 2.59. The van der Waals surface area contributed by atoms with Crippen molar-refractivity contribution < 1.29 is 20.0 Å². The molecule has 1 spiro atoms. The van der Waals surface area contributed by atoms with E-state index in [0.29, 0.717) is 5.92 Å². The van der Waals surface area contributed by atoms with E-state index in [2.05, 4.69) is 33.8 Å². The molecular formula is C20H32O4. The van der Waals surface area contributed by atoms with E-state index in [1.54, 1.807) is 0 Å². The Morgan fingerprint density at radius 2 is 1.92 bits per heavy atom. The van der Waals surface area contributed by atoms with Gasteiger partial charge in [0, 0.05) is 10.8 Å². The predicted octanol–water partition coefficient (Wildman–Crippen LogP) is 3.37. The van der Waals surface area contributed by atoms with Gasteiger partial charge in [0.1, 0.15) is 11.2 Å². The van der Waals surface area contributed by atoms with Crippen molar-refractivity contribution in [2.75, 3.05) is 6.61 Å².